The van der Waals surface area contributed by atoms with Crippen LogP contribution in [0.2, 0.25) is 0 Å². The molecule has 0 radical (unpaired) electrons. The van der Waals surface area contributed by atoms with E-state index in [1.54, 1.807) is 26.8 Å². The Morgan fingerprint density at radius 3 is 2.38 bits per heavy atom. The van der Waals surface area contributed by atoms with Gasteiger partial charge in [-0.2, -0.15) is 5.26 Å². The molecule has 1 aliphatic heterocycles. The molecule has 50 heavy (non-hydrogen) atoms. The van der Waals surface area contributed by atoms with E-state index in [9.17, 15) is 37.2 Å². The minimum atomic E-state index is -3.02. The van der Waals surface area contributed by atoms with Gasteiger partial charge in [-0.1, -0.05) is 24.3 Å². The van der Waals surface area contributed by atoms with Gasteiger partial charge < -0.3 is 10.1 Å². The summed E-state index contributed by atoms with van der Waals surface area (Å²) in [6.07, 6.45) is 5.05. The number of carbonyl (C=O) groups excluding carboxylic acids is 4. The van der Waals surface area contributed by atoms with E-state index in [2.05, 4.69) is 10.3 Å². The highest BCUT2D eigenvalue weighted by Gasteiger charge is 2.50. The second kappa shape index (κ2) is 14.1. The third kappa shape index (κ3) is 8.07. The molecule has 1 aromatic carbocycles. The number of carbonyl (C=O) groups is 4. The molecule has 2 heterocycles. The van der Waals surface area contributed by atoms with E-state index in [0.29, 0.717) is 6.07 Å². The van der Waals surface area contributed by atoms with Gasteiger partial charge >= 0.3 is 6.09 Å². The number of hydrogen-bond acceptors (Lipinski definition) is 7. The van der Waals surface area contributed by atoms with Crippen molar-refractivity contribution in [1.82, 2.24) is 15.2 Å². The zero-order chi connectivity index (χ0) is 36.5. The molecule has 0 bridgehead atoms. The number of rotatable bonds is 7. The summed E-state index contributed by atoms with van der Waals surface area (Å²) in [6.45, 7) is 3.67. The number of piperazine rings is 1. The Bertz CT molecular complexity index is 1770. The lowest BCUT2D eigenvalue weighted by atomic mass is 9.86. The fourth-order valence-electron chi connectivity index (χ4n) is 5.98. The molecule has 0 spiro atoms. The van der Waals surface area contributed by atoms with Crippen molar-refractivity contribution >= 4 is 46.9 Å². The predicted octanol–water partition coefficient (Wildman–Crippen LogP) is 4.85. The highest BCUT2D eigenvalue weighted by Crippen LogP contribution is 2.38. The number of aromatic nitrogens is 1. The molecule has 2 aliphatic carbocycles. The second-order valence-corrected chi connectivity index (χ2v) is 13.7. The number of hydrogen-bond donors (Lipinski definition) is 1. The maximum absolute atomic E-state index is 15.1. The number of benzene rings is 1. The highest BCUT2D eigenvalue weighted by atomic mass is 35.5. The average Bonchev–Trinajstić information content (AvgIpc) is 3.01. The molecule has 2 unspecified atom stereocenters. The number of pyridine rings is 1. The summed E-state index contributed by atoms with van der Waals surface area (Å²) in [5, 5.41) is 11.1. The summed E-state index contributed by atoms with van der Waals surface area (Å²) >= 11 is 6.64. The fraction of sp³-hybridized carbons (Fsp3) is 0.412. The van der Waals surface area contributed by atoms with Gasteiger partial charge in [0.1, 0.15) is 41.7 Å². The van der Waals surface area contributed by atoms with Crippen LogP contribution in [0.3, 0.4) is 0 Å². The van der Waals surface area contributed by atoms with Crippen molar-refractivity contribution in [3.63, 3.8) is 0 Å². The van der Waals surface area contributed by atoms with Gasteiger partial charge in [-0.3, -0.25) is 29.1 Å². The van der Waals surface area contributed by atoms with Gasteiger partial charge in [0.05, 0.1) is 29.2 Å². The Labute approximate surface area is 290 Å². The summed E-state index contributed by atoms with van der Waals surface area (Å²) in [7, 11) is 0. The first-order valence-electron chi connectivity index (χ1n) is 15.6. The molecule has 2 fully saturated rings. The lowest BCUT2D eigenvalue weighted by Gasteiger charge is -2.44. The molecular formula is C34H33ClF4N6O5. The van der Waals surface area contributed by atoms with E-state index in [0.717, 1.165) is 26.8 Å². The van der Waals surface area contributed by atoms with E-state index < -0.39 is 108 Å². The first-order chi connectivity index (χ1) is 23.5. The number of alkyl halides is 3. The van der Waals surface area contributed by atoms with E-state index >= 15 is 4.79 Å². The standard InChI is InChI=1S/C34H33ClF4N6O5/c1-33(2,3)50-32(49)43-17-26(45(28(46)18-43)27-10-19(16-40)8-9-41-27)31(48)44(23-12-20(36)11-21(37)13-23)29(24-6-4-5-7-25(24)35)30(47)42-22-14-34(38,39)15-22/h4-13,22,24-26,29H,14-15,17-18H2,1-3H3,(H,42,47)/t24?,25?,26-,29-/m0/s1. The number of ether oxygens (including phenoxy) is 1. The van der Waals surface area contributed by atoms with Crippen LogP contribution in [-0.4, -0.2) is 81.8 Å². The number of nitrogens with one attached hydrogen (secondary N) is 1. The van der Waals surface area contributed by atoms with Gasteiger partial charge in [0.15, 0.2) is 0 Å². The maximum Gasteiger partial charge on any atom is 0.410 e. The Morgan fingerprint density at radius 1 is 1.12 bits per heavy atom. The van der Waals surface area contributed by atoms with Crippen molar-refractivity contribution in [3.05, 3.63) is 78.0 Å². The van der Waals surface area contributed by atoms with Crippen molar-refractivity contribution in [3.8, 4) is 6.07 Å². The molecule has 1 aromatic heterocycles. The van der Waals surface area contributed by atoms with E-state index in [1.165, 1.54) is 36.6 Å². The highest BCUT2D eigenvalue weighted by molar-refractivity contribution is 6.22. The molecule has 1 N–H and O–H groups in total. The monoisotopic (exact) mass is 716 g/mol. The largest absolute Gasteiger partial charge is 0.444 e. The minimum absolute atomic E-state index is 0.0753. The lowest BCUT2D eigenvalue weighted by Crippen LogP contribution is -2.67. The minimum Gasteiger partial charge on any atom is -0.444 e. The zero-order valence-electron chi connectivity index (χ0n) is 27.2. The Hall–Kier alpha value is -4.97. The summed E-state index contributed by atoms with van der Waals surface area (Å²) in [5.74, 6) is -9.38. The molecule has 264 valence electrons. The fourth-order valence-corrected chi connectivity index (χ4v) is 6.29. The van der Waals surface area contributed by atoms with Crippen LogP contribution in [0, 0.1) is 28.9 Å². The van der Waals surface area contributed by atoms with E-state index in [-0.39, 0.29) is 11.4 Å². The third-order valence-electron chi connectivity index (χ3n) is 8.18. The second-order valence-electron chi connectivity index (χ2n) is 13.2. The van der Waals surface area contributed by atoms with Crippen LogP contribution in [0.5, 0.6) is 0 Å². The van der Waals surface area contributed by atoms with Crippen molar-refractivity contribution in [2.24, 2.45) is 5.92 Å². The number of anilines is 2. The van der Waals surface area contributed by atoms with Crippen LogP contribution in [0.25, 0.3) is 0 Å². The van der Waals surface area contributed by atoms with Crippen LogP contribution >= 0.6 is 11.6 Å². The van der Waals surface area contributed by atoms with Crippen LogP contribution < -0.4 is 15.1 Å². The third-order valence-corrected chi connectivity index (χ3v) is 8.61. The number of nitrogens with zero attached hydrogens (tertiary/aromatic N) is 5. The number of halogens is 5. The quantitative estimate of drug-likeness (QED) is 0.320. The van der Waals surface area contributed by atoms with Crippen molar-refractivity contribution in [1.29, 1.82) is 5.26 Å². The van der Waals surface area contributed by atoms with Gasteiger partial charge in [0.2, 0.25) is 11.8 Å². The summed E-state index contributed by atoms with van der Waals surface area (Å²) in [6, 6.07) is 2.23. The Kier molecular flexibility index (Phi) is 10.2. The molecule has 16 heteroatoms. The first-order valence-corrected chi connectivity index (χ1v) is 16.0. The lowest BCUT2D eigenvalue weighted by molar-refractivity contribution is -0.134. The van der Waals surface area contributed by atoms with Crippen molar-refractivity contribution in [2.45, 2.75) is 68.6 Å². The first kappa shape index (κ1) is 36.3. The number of allylic oxidation sites excluding steroid dienone is 3. The molecule has 1 saturated carbocycles. The molecule has 3 aliphatic rings. The molecule has 5 rings (SSSR count). The summed E-state index contributed by atoms with van der Waals surface area (Å²) in [5.41, 5.74) is -1.38. The Balaban J connectivity index is 1.66. The predicted molar refractivity (Wildman–Crippen MR) is 173 cm³/mol. The Morgan fingerprint density at radius 2 is 1.78 bits per heavy atom. The molecule has 11 nitrogen and oxygen atoms in total. The normalized spacial score (nSPS) is 22.3. The summed E-state index contributed by atoms with van der Waals surface area (Å²) in [4.78, 5) is 63.1. The molecule has 4 atom stereocenters. The SMILES string of the molecule is CC(C)(C)OC(=O)N1CC(=O)N(c2cc(C#N)ccn2)[C@H](C(=O)N(c2cc(F)cc(F)c2)[C@H](C(=O)NC2CC(F)(F)C2)C2C=CC=CC2Cl)C1. The maximum atomic E-state index is 15.1. The van der Waals surface area contributed by atoms with Crippen molar-refractivity contribution in [2.75, 3.05) is 22.9 Å². The molecular weight excluding hydrogens is 684 g/mol. The molecule has 2 aromatic rings. The number of nitriles is 1. The van der Waals surface area contributed by atoms with Crippen LogP contribution in [-0.2, 0) is 19.1 Å². The van der Waals surface area contributed by atoms with Gasteiger partial charge in [0.25, 0.3) is 11.8 Å². The van der Waals surface area contributed by atoms with Crippen LogP contribution in [0.15, 0.2) is 60.8 Å². The number of amides is 4. The topological polar surface area (TPSA) is 136 Å². The van der Waals surface area contributed by atoms with Gasteiger partial charge in [-0.15, -0.1) is 11.6 Å². The molecule has 4 amide bonds. The van der Waals surface area contributed by atoms with Crippen molar-refractivity contribution < 1.29 is 41.5 Å². The summed E-state index contributed by atoms with van der Waals surface area (Å²) < 4.78 is 62.8. The van der Waals surface area contributed by atoms with Gasteiger partial charge in [-0.25, -0.2) is 27.3 Å². The van der Waals surface area contributed by atoms with Gasteiger partial charge in [0, 0.05) is 37.1 Å². The van der Waals surface area contributed by atoms with Gasteiger partial charge in [-0.05, 0) is 45.0 Å². The van der Waals surface area contributed by atoms with Crippen LogP contribution in [0.4, 0.5) is 33.9 Å². The smallest absolute Gasteiger partial charge is 0.410 e. The van der Waals surface area contributed by atoms with E-state index in [4.69, 9.17) is 16.3 Å². The molecule has 1 saturated heterocycles. The van der Waals surface area contributed by atoms with E-state index in [1.807, 2.05) is 6.07 Å². The average molecular weight is 717 g/mol. The van der Waals surface area contributed by atoms with Crippen LogP contribution in [0.1, 0.15) is 39.2 Å². The zero-order valence-corrected chi connectivity index (χ0v) is 27.9.